The van der Waals surface area contributed by atoms with Crippen LogP contribution in [0.5, 0.6) is 0 Å². The lowest BCUT2D eigenvalue weighted by molar-refractivity contribution is 0.0389. The molecule has 1 aliphatic rings. The maximum absolute atomic E-state index is 5.35. The minimum atomic E-state index is 0. The Balaban J connectivity index is 0.00000312. The van der Waals surface area contributed by atoms with E-state index in [1.54, 1.807) is 6.20 Å². The Hall–Kier alpha value is -1.13. The van der Waals surface area contributed by atoms with Crippen molar-refractivity contribution in [1.29, 1.82) is 0 Å². The Kier molecular flexibility index (Phi) is 12.3. The fraction of sp³-hybridized carbons (Fsp3) is 0.647. The minimum absolute atomic E-state index is 0. The number of guanidine groups is 1. The third-order valence-corrected chi connectivity index (χ3v) is 3.91. The van der Waals surface area contributed by atoms with Crippen LogP contribution in [0.1, 0.15) is 12.8 Å². The molecule has 1 saturated heterocycles. The average Bonchev–Trinajstić information content (AvgIpc) is 2.64. The summed E-state index contributed by atoms with van der Waals surface area (Å²) in [5, 5.41) is 10.0. The molecule has 0 spiro atoms. The smallest absolute Gasteiger partial charge is 0.191 e. The van der Waals surface area contributed by atoms with Crippen molar-refractivity contribution in [1.82, 2.24) is 20.5 Å². The number of halogens is 1. The van der Waals surface area contributed by atoms with Gasteiger partial charge in [-0.25, -0.2) is 4.98 Å². The van der Waals surface area contributed by atoms with E-state index in [2.05, 4.69) is 30.8 Å². The van der Waals surface area contributed by atoms with Gasteiger partial charge < -0.3 is 20.7 Å². The van der Waals surface area contributed by atoms with Crippen molar-refractivity contribution in [3.8, 4) is 0 Å². The van der Waals surface area contributed by atoms with Gasteiger partial charge in [-0.1, -0.05) is 6.07 Å². The Bertz CT molecular complexity index is 467. The molecule has 25 heavy (non-hydrogen) atoms. The second kappa shape index (κ2) is 14.1. The van der Waals surface area contributed by atoms with Gasteiger partial charge in [-0.05, 0) is 25.0 Å². The van der Waals surface area contributed by atoms with Crippen molar-refractivity contribution in [2.75, 3.05) is 64.8 Å². The maximum Gasteiger partial charge on any atom is 0.191 e. The van der Waals surface area contributed by atoms with Crippen LogP contribution in [0.4, 0.5) is 5.82 Å². The zero-order chi connectivity index (χ0) is 16.9. The molecular weight excluding hydrogens is 431 g/mol. The number of hydrogen-bond acceptors (Lipinski definition) is 5. The summed E-state index contributed by atoms with van der Waals surface area (Å²) in [6.45, 7) is 7.52. The SMILES string of the molecule is CN=C(NCCCCNc1ccccn1)NCCN1CCOCC1.I. The van der Waals surface area contributed by atoms with Gasteiger partial charge in [-0.2, -0.15) is 0 Å². The maximum atomic E-state index is 5.35. The number of nitrogens with zero attached hydrogens (tertiary/aromatic N) is 3. The Morgan fingerprint density at radius 3 is 2.64 bits per heavy atom. The van der Waals surface area contributed by atoms with Crippen molar-refractivity contribution in [2.24, 2.45) is 4.99 Å². The van der Waals surface area contributed by atoms with Crippen LogP contribution in [-0.4, -0.2) is 75.4 Å². The van der Waals surface area contributed by atoms with E-state index in [0.717, 1.165) is 77.1 Å². The molecule has 0 amide bonds. The van der Waals surface area contributed by atoms with Gasteiger partial charge in [-0.15, -0.1) is 24.0 Å². The van der Waals surface area contributed by atoms with Crippen LogP contribution >= 0.6 is 24.0 Å². The molecule has 0 aromatic carbocycles. The summed E-state index contributed by atoms with van der Waals surface area (Å²) in [7, 11) is 1.81. The second-order valence-corrected chi connectivity index (χ2v) is 5.73. The number of hydrogen-bond donors (Lipinski definition) is 3. The van der Waals surface area contributed by atoms with Gasteiger partial charge in [0.05, 0.1) is 13.2 Å². The van der Waals surface area contributed by atoms with Crippen molar-refractivity contribution >= 4 is 35.8 Å². The van der Waals surface area contributed by atoms with E-state index in [9.17, 15) is 0 Å². The zero-order valence-corrected chi connectivity index (χ0v) is 17.4. The number of rotatable bonds is 9. The van der Waals surface area contributed by atoms with E-state index in [1.807, 2.05) is 25.2 Å². The Labute approximate surface area is 168 Å². The first-order chi connectivity index (χ1) is 11.9. The van der Waals surface area contributed by atoms with Crippen LogP contribution in [0.15, 0.2) is 29.4 Å². The highest BCUT2D eigenvalue weighted by Gasteiger charge is 2.09. The predicted octanol–water partition coefficient (Wildman–Crippen LogP) is 1.39. The fourth-order valence-corrected chi connectivity index (χ4v) is 2.52. The molecule has 0 saturated carbocycles. The summed E-state index contributed by atoms with van der Waals surface area (Å²) in [5.74, 6) is 1.81. The lowest BCUT2D eigenvalue weighted by Gasteiger charge is -2.26. The summed E-state index contributed by atoms with van der Waals surface area (Å²) in [4.78, 5) is 10.9. The Morgan fingerprint density at radius 1 is 1.16 bits per heavy atom. The van der Waals surface area contributed by atoms with Crippen molar-refractivity contribution < 1.29 is 4.74 Å². The van der Waals surface area contributed by atoms with Crippen molar-refractivity contribution in [3.63, 3.8) is 0 Å². The largest absolute Gasteiger partial charge is 0.379 e. The van der Waals surface area contributed by atoms with E-state index < -0.39 is 0 Å². The molecule has 1 aromatic rings. The molecule has 0 atom stereocenters. The van der Waals surface area contributed by atoms with Gasteiger partial charge in [0.1, 0.15) is 5.82 Å². The lowest BCUT2D eigenvalue weighted by Crippen LogP contribution is -2.44. The molecule has 8 heteroatoms. The number of aromatic nitrogens is 1. The van der Waals surface area contributed by atoms with Crippen LogP contribution < -0.4 is 16.0 Å². The number of anilines is 1. The van der Waals surface area contributed by atoms with E-state index in [1.165, 1.54) is 0 Å². The standard InChI is InChI=1S/C17H30N6O.HI/c1-18-17(22-10-11-23-12-14-24-15-13-23)21-9-5-4-8-20-16-6-2-3-7-19-16;/h2-3,6-7H,4-5,8-15H2,1H3,(H,19,20)(H2,18,21,22);1H. The van der Waals surface area contributed by atoms with Crippen LogP contribution in [0.3, 0.4) is 0 Å². The van der Waals surface area contributed by atoms with Gasteiger partial charge >= 0.3 is 0 Å². The monoisotopic (exact) mass is 462 g/mol. The Morgan fingerprint density at radius 2 is 1.92 bits per heavy atom. The van der Waals surface area contributed by atoms with Crippen LogP contribution in [0, 0.1) is 0 Å². The minimum Gasteiger partial charge on any atom is -0.379 e. The fourth-order valence-electron chi connectivity index (χ4n) is 2.52. The van der Waals surface area contributed by atoms with E-state index >= 15 is 0 Å². The summed E-state index contributed by atoms with van der Waals surface area (Å²) in [5.41, 5.74) is 0. The number of morpholine rings is 1. The highest BCUT2D eigenvalue weighted by Crippen LogP contribution is 2.00. The molecular formula is C17H31IN6O. The first kappa shape index (κ1) is 21.9. The molecule has 2 heterocycles. The number of aliphatic imine (C=N–C) groups is 1. The number of pyridine rings is 1. The predicted molar refractivity (Wildman–Crippen MR) is 114 cm³/mol. The summed E-state index contributed by atoms with van der Waals surface area (Å²) in [6.07, 6.45) is 3.98. The molecule has 0 aliphatic carbocycles. The quantitative estimate of drug-likeness (QED) is 0.223. The molecule has 0 radical (unpaired) electrons. The van der Waals surface area contributed by atoms with Gasteiger partial charge in [0, 0.05) is 52.5 Å². The second-order valence-electron chi connectivity index (χ2n) is 5.73. The highest BCUT2D eigenvalue weighted by atomic mass is 127. The van der Waals surface area contributed by atoms with Crippen molar-refractivity contribution in [2.45, 2.75) is 12.8 Å². The van der Waals surface area contributed by atoms with Gasteiger partial charge in [0.25, 0.3) is 0 Å². The number of ether oxygens (including phenoxy) is 1. The van der Waals surface area contributed by atoms with E-state index in [4.69, 9.17) is 4.74 Å². The van der Waals surface area contributed by atoms with E-state index in [0.29, 0.717) is 0 Å². The normalized spacial score (nSPS) is 15.3. The molecule has 0 bridgehead atoms. The number of unbranched alkanes of at least 4 members (excludes halogenated alkanes) is 1. The summed E-state index contributed by atoms with van der Waals surface area (Å²) >= 11 is 0. The van der Waals surface area contributed by atoms with Gasteiger partial charge in [0.2, 0.25) is 0 Å². The third-order valence-electron chi connectivity index (χ3n) is 3.91. The molecule has 142 valence electrons. The molecule has 0 unspecified atom stereocenters. The lowest BCUT2D eigenvalue weighted by atomic mass is 10.3. The average molecular weight is 462 g/mol. The molecule has 1 aliphatic heterocycles. The topological polar surface area (TPSA) is 73.8 Å². The third kappa shape index (κ3) is 9.81. The summed E-state index contributed by atoms with van der Waals surface area (Å²) < 4.78 is 5.35. The molecule has 3 N–H and O–H groups in total. The zero-order valence-electron chi connectivity index (χ0n) is 15.0. The molecule has 1 fully saturated rings. The highest BCUT2D eigenvalue weighted by molar-refractivity contribution is 14.0. The van der Waals surface area contributed by atoms with Crippen LogP contribution in [0.25, 0.3) is 0 Å². The molecule has 1 aromatic heterocycles. The number of nitrogens with one attached hydrogen (secondary N) is 3. The first-order valence-corrected chi connectivity index (χ1v) is 8.78. The molecule has 7 nitrogen and oxygen atoms in total. The van der Waals surface area contributed by atoms with Gasteiger partial charge in [0.15, 0.2) is 5.96 Å². The van der Waals surface area contributed by atoms with Crippen LogP contribution in [0.2, 0.25) is 0 Å². The van der Waals surface area contributed by atoms with Crippen molar-refractivity contribution in [3.05, 3.63) is 24.4 Å². The summed E-state index contributed by atoms with van der Waals surface area (Å²) in [6, 6.07) is 5.90. The molecule has 2 rings (SSSR count). The van der Waals surface area contributed by atoms with E-state index in [-0.39, 0.29) is 24.0 Å². The van der Waals surface area contributed by atoms with Crippen LogP contribution in [-0.2, 0) is 4.74 Å². The first-order valence-electron chi connectivity index (χ1n) is 8.78. The van der Waals surface area contributed by atoms with Gasteiger partial charge in [-0.3, -0.25) is 9.89 Å².